The minimum Gasteiger partial charge on any atom is -0.200 e. The van der Waals surface area contributed by atoms with E-state index in [1.165, 1.54) is 0 Å². The van der Waals surface area contributed by atoms with Crippen LogP contribution in [0.3, 0.4) is 0 Å². The fourth-order valence-electron chi connectivity index (χ4n) is 3.05. The summed E-state index contributed by atoms with van der Waals surface area (Å²) in [6, 6.07) is 0. The summed E-state index contributed by atoms with van der Waals surface area (Å²) in [7, 11) is 0. The summed E-state index contributed by atoms with van der Waals surface area (Å²) in [5.74, 6) is -76.2. The minimum atomic E-state index is -9.13. The first kappa shape index (κ1) is 38.5. The zero-order chi connectivity index (χ0) is 32.7. The first-order valence-electron chi connectivity index (χ1n) is 10.8. The average molecular weight is 646 g/mol. The number of unbranched alkanes of at least 4 members (excludes halogenated alkanes) is 6. The van der Waals surface area contributed by atoms with E-state index in [2.05, 4.69) is 0 Å². The fourth-order valence-corrected chi connectivity index (χ4v) is 3.05. The van der Waals surface area contributed by atoms with Crippen molar-refractivity contribution in [2.24, 2.45) is 0 Å². The molecule has 0 saturated carbocycles. The van der Waals surface area contributed by atoms with E-state index >= 15 is 0 Å². The molecule has 0 atom stereocenters. The molecule has 0 saturated heterocycles. The van der Waals surface area contributed by atoms with Crippen molar-refractivity contribution in [3.63, 3.8) is 0 Å². The van der Waals surface area contributed by atoms with Crippen molar-refractivity contribution in [2.45, 2.75) is 118 Å². The van der Waals surface area contributed by atoms with E-state index in [0.717, 1.165) is 0 Å². The number of alkyl halides is 21. The summed E-state index contributed by atoms with van der Waals surface area (Å²) in [5.41, 5.74) is 0. The van der Waals surface area contributed by atoms with Gasteiger partial charge in [-0.1, -0.05) is 45.4 Å². The van der Waals surface area contributed by atoms with Crippen LogP contribution in [0.5, 0.6) is 0 Å². The molecule has 0 aromatic rings. The van der Waals surface area contributed by atoms with Gasteiger partial charge >= 0.3 is 59.5 Å². The molecule has 40 heavy (non-hydrogen) atoms. The molecule has 0 spiro atoms. The van der Waals surface area contributed by atoms with Gasteiger partial charge in [-0.3, -0.25) is 0 Å². The molecule has 0 aliphatic carbocycles. The number of hydrogen-bond donors (Lipinski definition) is 0. The zero-order valence-electron chi connectivity index (χ0n) is 19.6. The lowest BCUT2D eigenvalue weighted by Gasteiger charge is -2.44. The van der Waals surface area contributed by atoms with Gasteiger partial charge in [-0.25, -0.2) is 0 Å². The van der Waals surface area contributed by atoms with Crippen LogP contribution in [0, 0.1) is 0 Å². The van der Waals surface area contributed by atoms with Crippen molar-refractivity contribution in [2.75, 3.05) is 0 Å². The second-order valence-corrected chi connectivity index (χ2v) is 8.67. The van der Waals surface area contributed by atoms with Gasteiger partial charge in [0.05, 0.1) is 0 Å². The SMILES string of the molecule is CCCCCCCCCC(F)(F)C(F)(F)C(F)(F)C(F)(F)C(F)(F)C(F)(F)C(F)(F)C(F)(F)C(F)(F)C(F)(F)F. The molecule has 0 radical (unpaired) electrons. The lowest BCUT2D eigenvalue weighted by Crippen LogP contribution is -2.76. The Hall–Kier alpha value is -1.47. The molecule has 0 unspecified atom stereocenters. The van der Waals surface area contributed by atoms with E-state index in [1.54, 1.807) is 6.92 Å². The molecule has 0 aliphatic rings. The molecule has 0 aromatic carbocycles. The van der Waals surface area contributed by atoms with Crippen molar-refractivity contribution in [1.82, 2.24) is 0 Å². The van der Waals surface area contributed by atoms with Crippen LogP contribution in [0.25, 0.3) is 0 Å². The Bertz CT molecular complexity index is 822. The van der Waals surface area contributed by atoms with Crippen LogP contribution in [0.1, 0.15) is 58.3 Å². The smallest absolute Gasteiger partial charge is 0.200 e. The summed E-state index contributed by atoms with van der Waals surface area (Å²) in [5, 5.41) is 0. The molecular weight excluding hydrogens is 627 g/mol. The van der Waals surface area contributed by atoms with Crippen molar-refractivity contribution < 1.29 is 92.2 Å². The maximum Gasteiger partial charge on any atom is 0.460 e. The third-order valence-electron chi connectivity index (χ3n) is 5.67. The van der Waals surface area contributed by atoms with Crippen LogP contribution < -0.4 is 0 Å². The first-order valence-corrected chi connectivity index (χ1v) is 10.8. The predicted octanol–water partition coefficient (Wildman–Crippen LogP) is 10.4. The van der Waals surface area contributed by atoms with E-state index in [1.807, 2.05) is 0 Å². The minimum absolute atomic E-state index is 0.0235. The molecule has 0 N–H and O–H groups in total. The molecule has 0 nitrogen and oxygen atoms in total. The predicted molar refractivity (Wildman–Crippen MR) is 93.2 cm³/mol. The Labute approximate surface area is 211 Å². The molecule has 0 rings (SSSR count). The summed E-state index contributed by atoms with van der Waals surface area (Å²) < 4.78 is 279. The lowest BCUT2D eigenvalue weighted by atomic mass is 9.85. The van der Waals surface area contributed by atoms with Crippen LogP contribution in [0.2, 0.25) is 0 Å². The highest BCUT2D eigenvalue weighted by molar-refractivity contribution is 5.17. The fraction of sp³-hybridized carbons (Fsp3) is 1.00. The maximum atomic E-state index is 13.8. The molecule has 21 heteroatoms. The molecule has 0 bridgehead atoms. The molecule has 0 aromatic heterocycles. The zero-order valence-corrected chi connectivity index (χ0v) is 19.6. The van der Waals surface area contributed by atoms with Crippen molar-refractivity contribution in [3.05, 3.63) is 0 Å². The highest BCUT2D eigenvalue weighted by Gasteiger charge is 2.97. The van der Waals surface area contributed by atoms with Crippen LogP contribution >= 0.6 is 0 Å². The number of halogens is 21. The summed E-state index contributed by atoms with van der Waals surface area (Å²) >= 11 is 0. The molecule has 0 amide bonds. The Morgan fingerprint density at radius 3 is 0.850 bits per heavy atom. The van der Waals surface area contributed by atoms with E-state index in [4.69, 9.17) is 0 Å². The lowest BCUT2D eigenvalue weighted by molar-refractivity contribution is -0.474. The van der Waals surface area contributed by atoms with Crippen LogP contribution in [-0.4, -0.2) is 59.5 Å². The van der Waals surface area contributed by atoms with Crippen LogP contribution in [0.15, 0.2) is 0 Å². The molecule has 0 fully saturated rings. The maximum absolute atomic E-state index is 13.8. The van der Waals surface area contributed by atoms with Gasteiger partial charge < -0.3 is 0 Å². The molecule has 0 heterocycles. The highest BCUT2D eigenvalue weighted by atomic mass is 19.4. The van der Waals surface area contributed by atoms with Crippen molar-refractivity contribution in [3.8, 4) is 0 Å². The van der Waals surface area contributed by atoms with Gasteiger partial charge in [-0.2, -0.15) is 92.2 Å². The van der Waals surface area contributed by atoms with Gasteiger partial charge in [0.1, 0.15) is 0 Å². The average Bonchev–Trinajstić information content (AvgIpc) is 2.76. The third kappa shape index (κ3) is 5.75. The van der Waals surface area contributed by atoms with E-state index < -0.39 is 78.7 Å². The van der Waals surface area contributed by atoms with Gasteiger partial charge in [0, 0.05) is 6.42 Å². The van der Waals surface area contributed by atoms with Gasteiger partial charge in [-0.15, -0.1) is 0 Å². The molecule has 242 valence electrons. The molecule has 0 aliphatic heterocycles. The summed E-state index contributed by atoms with van der Waals surface area (Å²) in [6.45, 7) is 1.74. The topological polar surface area (TPSA) is 0 Å². The molecular formula is C19H19F21. The monoisotopic (exact) mass is 646 g/mol. The van der Waals surface area contributed by atoms with Gasteiger partial charge in [0.2, 0.25) is 0 Å². The second-order valence-electron chi connectivity index (χ2n) is 8.67. The summed E-state index contributed by atoms with van der Waals surface area (Å²) in [4.78, 5) is 0. The van der Waals surface area contributed by atoms with Crippen molar-refractivity contribution in [1.29, 1.82) is 0 Å². The largest absolute Gasteiger partial charge is 0.460 e. The van der Waals surface area contributed by atoms with E-state index in [0.29, 0.717) is 19.3 Å². The van der Waals surface area contributed by atoms with E-state index in [-0.39, 0.29) is 12.8 Å². The van der Waals surface area contributed by atoms with Crippen LogP contribution in [0.4, 0.5) is 92.2 Å². The standard InChI is InChI=1S/C19H19F21/c1-2-3-4-5-6-7-8-9-10(20,21)11(22,23)12(24,25)13(26,27)14(28,29)15(30,31)16(32,33)17(34,35)18(36,37)19(38,39)40/h2-9H2,1H3. The number of rotatable bonds is 16. The number of hydrogen-bond acceptors (Lipinski definition) is 0. The first-order chi connectivity index (χ1) is 17.3. The van der Waals surface area contributed by atoms with E-state index in [9.17, 15) is 92.2 Å². The van der Waals surface area contributed by atoms with Crippen LogP contribution in [-0.2, 0) is 0 Å². The third-order valence-corrected chi connectivity index (χ3v) is 5.67. The Kier molecular flexibility index (Phi) is 10.9. The van der Waals surface area contributed by atoms with Gasteiger partial charge in [0.25, 0.3) is 0 Å². The Morgan fingerprint density at radius 1 is 0.300 bits per heavy atom. The Balaban J connectivity index is 6.46. The van der Waals surface area contributed by atoms with Gasteiger partial charge in [0.15, 0.2) is 0 Å². The normalized spacial score (nSPS) is 16.1. The quantitative estimate of drug-likeness (QED) is 0.116. The summed E-state index contributed by atoms with van der Waals surface area (Å²) in [6.07, 6.45) is -10.1. The highest BCUT2D eigenvalue weighted by Crippen LogP contribution is 2.66. The Morgan fingerprint density at radius 2 is 0.550 bits per heavy atom. The van der Waals surface area contributed by atoms with Gasteiger partial charge in [-0.05, 0) is 6.42 Å². The van der Waals surface area contributed by atoms with Crippen molar-refractivity contribution >= 4 is 0 Å². The second kappa shape index (κ2) is 11.3.